The van der Waals surface area contributed by atoms with Crippen molar-refractivity contribution in [2.75, 3.05) is 25.6 Å². The molecule has 142 valence electrons. The van der Waals surface area contributed by atoms with E-state index in [-0.39, 0.29) is 23.7 Å². The SMILES string of the molecule is COc1ccc(OCCNC(=O)C2CC2C(=O)Nc2cccc(C)c2)cc1. The lowest BCUT2D eigenvalue weighted by Crippen LogP contribution is -2.31. The van der Waals surface area contributed by atoms with Crippen LogP contribution in [-0.2, 0) is 9.59 Å². The molecule has 1 saturated carbocycles. The maximum absolute atomic E-state index is 12.2. The van der Waals surface area contributed by atoms with Crippen LogP contribution in [0.3, 0.4) is 0 Å². The van der Waals surface area contributed by atoms with E-state index in [4.69, 9.17) is 9.47 Å². The molecule has 2 aromatic rings. The number of anilines is 1. The van der Waals surface area contributed by atoms with Crippen LogP contribution in [0.15, 0.2) is 48.5 Å². The van der Waals surface area contributed by atoms with Gasteiger partial charge in [-0.15, -0.1) is 0 Å². The van der Waals surface area contributed by atoms with E-state index in [9.17, 15) is 9.59 Å². The summed E-state index contributed by atoms with van der Waals surface area (Å²) >= 11 is 0. The molecule has 2 aromatic carbocycles. The van der Waals surface area contributed by atoms with E-state index in [1.807, 2.05) is 55.5 Å². The van der Waals surface area contributed by atoms with Crippen molar-refractivity contribution in [3.63, 3.8) is 0 Å². The number of hydrogen-bond acceptors (Lipinski definition) is 4. The van der Waals surface area contributed by atoms with Crippen LogP contribution in [-0.4, -0.2) is 32.1 Å². The van der Waals surface area contributed by atoms with E-state index in [1.165, 1.54) is 0 Å². The summed E-state index contributed by atoms with van der Waals surface area (Å²) in [7, 11) is 1.61. The molecule has 2 atom stereocenters. The quantitative estimate of drug-likeness (QED) is 0.703. The van der Waals surface area contributed by atoms with Crippen molar-refractivity contribution in [1.29, 1.82) is 0 Å². The maximum atomic E-state index is 12.2. The largest absolute Gasteiger partial charge is 0.497 e. The number of nitrogens with one attached hydrogen (secondary N) is 2. The number of ether oxygens (including phenoxy) is 2. The Bertz CT molecular complexity index is 804. The van der Waals surface area contributed by atoms with Gasteiger partial charge in [-0.25, -0.2) is 0 Å². The summed E-state index contributed by atoms with van der Waals surface area (Å²) < 4.78 is 10.7. The van der Waals surface area contributed by atoms with Crippen LogP contribution < -0.4 is 20.1 Å². The van der Waals surface area contributed by atoms with Gasteiger partial charge in [0.25, 0.3) is 0 Å². The number of carbonyl (C=O) groups excluding carboxylic acids is 2. The number of hydrogen-bond donors (Lipinski definition) is 2. The lowest BCUT2D eigenvalue weighted by atomic mass is 10.2. The third-order valence-electron chi connectivity index (χ3n) is 4.48. The van der Waals surface area contributed by atoms with Crippen LogP contribution in [0.25, 0.3) is 0 Å². The van der Waals surface area contributed by atoms with Crippen molar-refractivity contribution in [1.82, 2.24) is 5.32 Å². The summed E-state index contributed by atoms with van der Waals surface area (Å²) in [5.74, 6) is 0.767. The van der Waals surface area contributed by atoms with Gasteiger partial charge in [0, 0.05) is 5.69 Å². The monoisotopic (exact) mass is 368 g/mol. The van der Waals surface area contributed by atoms with E-state index >= 15 is 0 Å². The van der Waals surface area contributed by atoms with Crippen molar-refractivity contribution >= 4 is 17.5 Å². The molecule has 1 fully saturated rings. The Morgan fingerprint density at radius 3 is 2.44 bits per heavy atom. The van der Waals surface area contributed by atoms with E-state index in [0.717, 1.165) is 17.0 Å². The summed E-state index contributed by atoms with van der Waals surface area (Å²) in [5.41, 5.74) is 1.84. The first-order valence-electron chi connectivity index (χ1n) is 8.99. The van der Waals surface area contributed by atoms with Gasteiger partial charge in [0.05, 0.1) is 25.5 Å². The minimum Gasteiger partial charge on any atom is -0.497 e. The van der Waals surface area contributed by atoms with Gasteiger partial charge >= 0.3 is 0 Å². The van der Waals surface area contributed by atoms with Crippen LogP contribution >= 0.6 is 0 Å². The fraction of sp³-hybridized carbons (Fsp3) is 0.333. The fourth-order valence-corrected chi connectivity index (χ4v) is 2.88. The second-order valence-corrected chi connectivity index (χ2v) is 6.62. The zero-order valence-corrected chi connectivity index (χ0v) is 15.5. The number of amides is 2. The number of carbonyl (C=O) groups is 2. The maximum Gasteiger partial charge on any atom is 0.228 e. The Morgan fingerprint density at radius 2 is 1.74 bits per heavy atom. The predicted molar refractivity (Wildman–Crippen MR) is 103 cm³/mol. The Kier molecular flexibility index (Phi) is 5.96. The molecule has 0 spiro atoms. The van der Waals surface area contributed by atoms with Crippen LogP contribution in [0.5, 0.6) is 11.5 Å². The van der Waals surface area contributed by atoms with Gasteiger partial charge in [-0.05, 0) is 55.3 Å². The van der Waals surface area contributed by atoms with Crippen molar-refractivity contribution in [2.24, 2.45) is 11.8 Å². The first-order valence-corrected chi connectivity index (χ1v) is 8.99. The van der Waals surface area contributed by atoms with Crippen LogP contribution in [0.1, 0.15) is 12.0 Å². The number of aryl methyl sites for hydroxylation is 1. The molecule has 0 radical (unpaired) electrons. The average Bonchev–Trinajstić information content (AvgIpc) is 3.47. The molecular weight excluding hydrogens is 344 g/mol. The molecular formula is C21H24N2O4. The van der Waals surface area contributed by atoms with Gasteiger partial charge in [-0.2, -0.15) is 0 Å². The Labute approximate surface area is 158 Å². The topological polar surface area (TPSA) is 76.7 Å². The Balaban J connectivity index is 1.36. The third-order valence-corrected chi connectivity index (χ3v) is 4.48. The number of methoxy groups -OCH3 is 1. The van der Waals surface area contributed by atoms with Crippen LogP contribution in [0, 0.1) is 18.8 Å². The molecule has 2 amide bonds. The lowest BCUT2D eigenvalue weighted by molar-refractivity contribution is -0.125. The molecule has 0 bridgehead atoms. The highest BCUT2D eigenvalue weighted by Crippen LogP contribution is 2.39. The van der Waals surface area contributed by atoms with Gasteiger partial charge in [-0.3, -0.25) is 9.59 Å². The van der Waals surface area contributed by atoms with Gasteiger partial charge in [0.15, 0.2) is 0 Å². The molecule has 0 aromatic heterocycles. The third kappa shape index (κ3) is 5.23. The first-order chi connectivity index (χ1) is 13.1. The van der Waals surface area contributed by atoms with E-state index in [2.05, 4.69) is 10.6 Å². The van der Waals surface area contributed by atoms with E-state index in [1.54, 1.807) is 7.11 Å². The molecule has 2 N–H and O–H groups in total. The number of benzene rings is 2. The van der Waals surface area contributed by atoms with E-state index in [0.29, 0.717) is 25.3 Å². The molecule has 3 rings (SSSR count). The van der Waals surface area contributed by atoms with Crippen LogP contribution in [0.2, 0.25) is 0 Å². The standard InChI is InChI=1S/C21H24N2O4/c1-14-4-3-5-15(12-14)23-21(25)19-13-18(19)20(24)22-10-11-27-17-8-6-16(26-2)7-9-17/h3-9,12,18-19H,10-11,13H2,1-2H3,(H,22,24)(H,23,25). The summed E-state index contributed by atoms with van der Waals surface area (Å²) in [4.78, 5) is 24.4. The van der Waals surface area contributed by atoms with Crippen molar-refractivity contribution in [3.05, 3.63) is 54.1 Å². The normalized spacial score (nSPS) is 17.7. The molecule has 6 nitrogen and oxygen atoms in total. The lowest BCUT2D eigenvalue weighted by Gasteiger charge is -2.09. The predicted octanol–water partition coefficient (Wildman–Crippen LogP) is 2.77. The zero-order valence-electron chi connectivity index (χ0n) is 15.5. The van der Waals surface area contributed by atoms with Gasteiger partial charge in [0.1, 0.15) is 18.1 Å². The van der Waals surface area contributed by atoms with Crippen molar-refractivity contribution < 1.29 is 19.1 Å². The molecule has 1 aliphatic rings. The minimum absolute atomic E-state index is 0.0993. The number of rotatable bonds is 8. The van der Waals surface area contributed by atoms with Gasteiger partial charge in [0.2, 0.25) is 11.8 Å². The highest BCUT2D eigenvalue weighted by molar-refractivity contribution is 5.99. The summed E-state index contributed by atoms with van der Waals surface area (Å²) in [6.07, 6.45) is 0.586. The highest BCUT2D eigenvalue weighted by Gasteiger charge is 2.47. The van der Waals surface area contributed by atoms with Crippen molar-refractivity contribution in [2.45, 2.75) is 13.3 Å². The van der Waals surface area contributed by atoms with Gasteiger partial charge in [-0.1, -0.05) is 12.1 Å². The zero-order chi connectivity index (χ0) is 19.2. The van der Waals surface area contributed by atoms with Crippen LogP contribution in [0.4, 0.5) is 5.69 Å². The second-order valence-electron chi connectivity index (χ2n) is 6.62. The van der Waals surface area contributed by atoms with Crippen molar-refractivity contribution in [3.8, 4) is 11.5 Å². The molecule has 6 heteroatoms. The molecule has 0 saturated heterocycles. The molecule has 1 aliphatic carbocycles. The summed E-state index contributed by atoms with van der Waals surface area (Å²) in [6.45, 7) is 2.73. The summed E-state index contributed by atoms with van der Waals surface area (Å²) in [6, 6.07) is 14.9. The first kappa shape index (κ1) is 18.8. The smallest absolute Gasteiger partial charge is 0.228 e. The molecule has 2 unspecified atom stereocenters. The second kappa shape index (κ2) is 8.58. The van der Waals surface area contributed by atoms with E-state index < -0.39 is 0 Å². The fourth-order valence-electron chi connectivity index (χ4n) is 2.88. The molecule has 0 aliphatic heterocycles. The Morgan fingerprint density at radius 1 is 1.04 bits per heavy atom. The van der Waals surface area contributed by atoms with Gasteiger partial charge < -0.3 is 20.1 Å². The average molecular weight is 368 g/mol. The molecule has 0 heterocycles. The Hall–Kier alpha value is -3.02. The minimum atomic E-state index is -0.256. The molecule has 27 heavy (non-hydrogen) atoms. The summed E-state index contributed by atoms with van der Waals surface area (Å²) in [5, 5.41) is 5.70. The highest BCUT2D eigenvalue weighted by atomic mass is 16.5.